The minimum atomic E-state index is -0.0726. The molecule has 3 aromatic heterocycles. The number of aromatic amines is 2. The zero-order valence-electron chi connectivity index (χ0n) is 13.7. The van der Waals surface area contributed by atoms with E-state index >= 15 is 0 Å². The first-order valence-electron chi connectivity index (χ1n) is 8.30. The van der Waals surface area contributed by atoms with Crippen LogP contribution in [0.2, 0.25) is 0 Å². The maximum absolute atomic E-state index is 11.8. The Balaban J connectivity index is 1.49. The molecule has 1 amide bonds. The van der Waals surface area contributed by atoms with Gasteiger partial charge in [-0.2, -0.15) is 5.10 Å². The van der Waals surface area contributed by atoms with Gasteiger partial charge in [0.1, 0.15) is 11.5 Å². The number of nitrogens with zero attached hydrogens (tertiary/aromatic N) is 3. The lowest BCUT2D eigenvalue weighted by Gasteiger charge is -2.16. The average Bonchev–Trinajstić information content (AvgIpc) is 3.28. The number of pyridine rings is 1. The van der Waals surface area contributed by atoms with Crippen LogP contribution < -0.4 is 10.6 Å². The Morgan fingerprint density at radius 3 is 3.00 bits per heavy atom. The predicted octanol–water partition coefficient (Wildman–Crippen LogP) is 2.38. The van der Waals surface area contributed by atoms with Crippen molar-refractivity contribution in [1.29, 1.82) is 0 Å². The zero-order chi connectivity index (χ0) is 17.5. The van der Waals surface area contributed by atoms with Crippen LogP contribution in [-0.2, 0) is 6.42 Å². The van der Waals surface area contributed by atoms with E-state index in [2.05, 4.69) is 35.8 Å². The van der Waals surface area contributed by atoms with Crippen LogP contribution in [0.1, 0.15) is 15.9 Å². The number of carbonyl (C=O) groups excluding carboxylic acids is 1. The first-order chi connectivity index (χ1) is 12.8. The molecule has 0 radical (unpaired) electrons. The summed E-state index contributed by atoms with van der Waals surface area (Å²) in [5.41, 5.74) is 4.98. The summed E-state index contributed by atoms with van der Waals surface area (Å²) in [5, 5.41) is 13.2. The molecule has 0 atom stereocenters. The van der Waals surface area contributed by atoms with Crippen molar-refractivity contribution in [3.05, 3.63) is 53.9 Å². The molecule has 0 fully saturated rings. The van der Waals surface area contributed by atoms with Crippen LogP contribution >= 0.6 is 0 Å². The van der Waals surface area contributed by atoms with Crippen molar-refractivity contribution >= 4 is 28.4 Å². The Hall–Kier alpha value is -3.68. The van der Waals surface area contributed by atoms with Gasteiger partial charge in [-0.05, 0) is 30.2 Å². The minimum absolute atomic E-state index is 0.0726. The third kappa shape index (κ3) is 2.39. The molecular formula is C18H15N7O. The van der Waals surface area contributed by atoms with E-state index in [1.54, 1.807) is 12.4 Å². The van der Waals surface area contributed by atoms with Gasteiger partial charge in [0.2, 0.25) is 0 Å². The topological polar surface area (TPSA) is 111 Å². The lowest BCUT2D eigenvalue weighted by molar-refractivity contribution is 0.0945. The molecule has 0 spiro atoms. The van der Waals surface area contributed by atoms with Crippen LogP contribution in [0.4, 0.5) is 11.5 Å². The molecule has 4 N–H and O–H groups in total. The van der Waals surface area contributed by atoms with E-state index in [0.29, 0.717) is 23.8 Å². The normalized spacial score (nSPS) is 13.5. The summed E-state index contributed by atoms with van der Waals surface area (Å²) in [6.07, 6.45) is 4.09. The molecule has 1 aliphatic heterocycles. The van der Waals surface area contributed by atoms with Crippen molar-refractivity contribution < 1.29 is 4.79 Å². The lowest BCUT2D eigenvalue weighted by atomic mass is 10.0. The molecule has 1 aliphatic rings. The molecule has 0 saturated carbocycles. The number of benzene rings is 1. The fraction of sp³-hybridized carbons (Fsp3) is 0.111. The molecular weight excluding hydrogens is 330 g/mol. The number of imidazole rings is 1. The number of anilines is 2. The van der Waals surface area contributed by atoms with Crippen LogP contribution in [0, 0.1) is 0 Å². The maximum Gasteiger partial charge on any atom is 0.253 e. The van der Waals surface area contributed by atoms with Gasteiger partial charge in [0.15, 0.2) is 5.82 Å². The molecule has 8 heteroatoms. The third-order valence-corrected chi connectivity index (χ3v) is 4.44. The molecule has 4 aromatic rings. The largest absolute Gasteiger partial charge is 0.352 e. The van der Waals surface area contributed by atoms with E-state index in [-0.39, 0.29) is 5.91 Å². The molecule has 1 aromatic carbocycles. The number of aromatic nitrogens is 5. The number of para-hydroxylation sites is 2. The first kappa shape index (κ1) is 14.6. The van der Waals surface area contributed by atoms with Crippen LogP contribution in [-0.4, -0.2) is 37.6 Å². The van der Waals surface area contributed by atoms with Gasteiger partial charge in [-0.15, -0.1) is 0 Å². The van der Waals surface area contributed by atoms with Gasteiger partial charge >= 0.3 is 0 Å². The molecule has 5 rings (SSSR count). The summed E-state index contributed by atoms with van der Waals surface area (Å²) >= 11 is 0. The van der Waals surface area contributed by atoms with Gasteiger partial charge in [-0.25, -0.2) is 9.97 Å². The minimum Gasteiger partial charge on any atom is -0.352 e. The van der Waals surface area contributed by atoms with Gasteiger partial charge in [0.25, 0.3) is 5.91 Å². The molecule has 8 nitrogen and oxygen atoms in total. The highest BCUT2D eigenvalue weighted by molar-refractivity contribution is 5.96. The van der Waals surface area contributed by atoms with Crippen LogP contribution in [0.3, 0.4) is 0 Å². The zero-order valence-corrected chi connectivity index (χ0v) is 13.7. The Bertz CT molecular complexity index is 1090. The van der Waals surface area contributed by atoms with Gasteiger partial charge < -0.3 is 15.6 Å². The van der Waals surface area contributed by atoms with Crippen LogP contribution in [0.15, 0.2) is 42.7 Å². The Kier molecular flexibility index (Phi) is 3.21. The number of H-pyrrole nitrogens is 2. The van der Waals surface area contributed by atoms with Crippen LogP contribution in [0.25, 0.3) is 22.6 Å². The summed E-state index contributed by atoms with van der Waals surface area (Å²) in [7, 11) is 0. The van der Waals surface area contributed by atoms with E-state index in [1.165, 1.54) is 0 Å². The second-order valence-electron chi connectivity index (χ2n) is 6.12. The molecule has 0 aliphatic carbocycles. The number of hydrogen-bond donors (Lipinski definition) is 4. The standard InChI is InChI=1S/C18H15N7O/c26-18-11-8-20-15(7-10(11)5-6-19-18)22-14-9-21-25-16(14)17-23-12-3-1-2-4-13(12)24-17/h1-4,7-9H,5-6H2,(H,19,26)(H,20,22)(H,21,25)(H,23,24). The molecule has 0 bridgehead atoms. The smallest absolute Gasteiger partial charge is 0.253 e. The number of fused-ring (bicyclic) bond motifs is 2. The molecule has 0 unspecified atom stereocenters. The average molecular weight is 345 g/mol. The first-order valence-corrected chi connectivity index (χ1v) is 8.30. The molecule has 26 heavy (non-hydrogen) atoms. The Labute approximate surface area is 148 Å². The quantitative estimate of drug-likeness (QED) is 0.455. The van der Waals surface area contributed by atoms with E-state index in [9.17, 15) is 4.79 Å². The number of amides is 1. The van der Waals surface area contributed by atoms with Gasteiger partial charge in [-0.3, -0.25) is 9.89 Å². The van der Waals surface area contributed by atoms with Gasteiger partial charge in [0.05, 0.1) is 28.5 Å². The van der Waals surface area contributed by atoms with Crippen molar-refractivity contribution in [2.24, 2.45) is 0 Å². The highest BCUT2D eigenvalue weighted by atomic mass is 16.1. The highest BCUT2D eigenvalue weighted by Gasteiger charge is 2.18. The number of rotatable bonds is 3. The van der Waals surface area contributed by atoms with Gasteiger partial charge in [0, 0.05) is 12.7 Å². The molecule has 4 heterocycles. The summed E-state index contributed by atoms with van der Waals surface area (Å²) in [6.45, 7) is 0.644. The van der Waals surface area contributed by atoms with Gasteiger partial charge in [-0.1, -0.05) is 12.1 Å². The second kappa shape index (κ2) is 5.69. The number of hydrogen-bond acceptors (Lipinski definition) is 5. The summed E-state index contributed by atoms with van der Waals surface area (Å²) < 4.78 is 0. The van der Waals surface area contributed by atoms with E-state index < -0.39 is 0 Å². The summed E-state index contributed by atoms with van der Waals surface area (Å²) in [5.74, 6) is 1.29. The van der Waals surface area contributed by atoms with Crippen molar-refractivity contribution in [3.8, 4) is 11.5 Å². The Morgan fingerprint density at radius 2 is 2.08 bits per heavy atom. The van der Waals surface area contributed by atoms with Crippen molar-refractivity contribution in [2.75, 3.05) is 11.9 Å². The summed E-state index contributed by atoms with van der Waals surface area (Å²) in [4.78, 5) is 24.1. The Morgan fingerprint density at radius 1 is 1.15 bits per heavy atom. The van der Waals surface area contributed by atoms with Crippen molar-refractivity contribution in [1.82, 2.24) is 30.5 Å². The van der Waals surface area contributed by atoms with E-state index in [1.807, 2.05) is 30.3 Å². The fourth-order valence-corrected chi connectivity index (χ4v) is 3.15. The third-order valence-electron chi connectivity index (χ3n) is 4.44. The number of carbonyl (C=O) groups is 1. The number of nitrogens with one attached hydrogen (secondary N) is 4. The SMILES string of the molecule is O=C1NCCc2cc(Nc3cn[nH]c3-c3nc4ccccc4[nH]3)ncc21. The van der Waals surface area contributed by atoms with Crippen molar-refractivity contribution in [2.45, 2.75) is 6.42 Å². The highest BCUT2D eigenvalue weighted by Crippen LogP contribution is 2.28. The summed E-state index contributed by atoms with van der Waals surface area (Å²) in [6, 6.07) is 9.75. The lowest BCUT2D eigenvalue weighted by Crippen LogP contribution is -2.31. The fourth-order valence-electron chi connectivity index (χ4n) is 3.15. The van der Waals surface area contributed by atoms with Crippen LogP contribution in [0.5, 0.6) is 0 Å². The molecule has 0 saturated heterocycles. The van der Waals surface area contributed by atoms with E-state index in [0.717, 1.165) is 34.4 Å². The van der Waals surface area contributed by atoms with E-state index in [4.69, 9.17) is 0 Å². The molecule has 128 valence electrons. The monoisotopic (exact) mass is 345 g/mol. The maximum atomic E-state index is 11.8. The predicted molar refractivity (Wildman–Crippen MR) is 97.2 cm³/mol. The van der Waals surface area contributed by atoms with Crippen molar-refractivity contribution in [3.63, 3.8) is 0 Å². The second-order valence-corrected chi connectivity index (χ2v) is 6.12.